The van der Waals surface area contributed by atoms with Crippen LogP contribution in [0, 0.1) is 5.92 Å². The van der Waals surface area contributed by atoms with Crippen molar-refractivity contribution in [2.75, 3.05) is 13.1 Å². The largest absolute Gasteiger partial charge is 0.273 e. The number of nitrogens with zero attached hydrogens (tertiary/aromatic N) is 1. The molecule has 0 spiro atoms. The molecule has 2 heterocycles. The number of benzene rings is 1. The molecule has 7 nitrogen and oxygen atoms in total. The van der Waals surface area contributed by atoms with Gasteiger partial charge in [-0.3, -0.25) is 20.4 Å². The summed E-state index contributed by atoms with van der Waals surface area (Å²) in [5, 5.41) is 1.71. The van der Waals surface area contributed by atoms with Gasteiger partial charge in [0.25, 0.3) is 10.0 Å². The molecule has 9 heteroatoms. The summed E-state index contributed by atoms with van der Waals surface area (Å²) in [6, 6.07) is 12.5. The minimum Gasteiger partial charge on any atom is -0.273 e. The van der Waals surface area contributed by atoms with Crippen molar-refractivity contribution in [2.45, 2.75) is 23.5 Å². The lowest BCUT2D eigenvalue weighted by Crippen LogP contribution is -2.50. The van der Waals surface area contributed by atoms with Crippen molar-refractivity contribution in [1.29, 1.82) is 0 Å². The van der Waals surface area contributed by atoms with E-state index in [0.29, 0.717) is 19.4 Å². The van der Waals surface area contributed by atoms with Gasteiger partial charge >= 0.3 is 0 Å². The molecule has 2 amide bonds. The van der Waals surface area contributed by atoms with Crippen LogP contribution in [0.1, 0.15) is 18.4 Å². The molecule has 0 radical (unpaired) electrons. The Morgan fingerprint density at radius 3 is 2.59 bits per heavy atom. The quantitative estimate of drug-likeness (QED) is 0.735. The number of nitrogens with one attached hydrogen (secondary N) is 2. The lowest BCUT2D eigenvalue weighted by atomic mass is 9.99. The van der Waals surface area contributed by atoms with E-state index in [9.17, 15) is 18.0 Å². The van der Waals surface area contributed by atoms with Gasteiger partial charge in [0.05, 0.1) is 12.3 Å². The maximum atomic E-state index is 12.6. The highest BCUT2D eigenvalue weighted by molar-refractivity contribution is 7.91. The van der Waals surface area contributed by atoms with Gasteiger partial charge in [0.15, 0.2) is 0 Å². The zero-order chi connectivity index (χ0) is 19.3. The van der Waals surface area contributed by atoms with Crippen LogP contribution in [0.2, 0.25) is 0 Å². The molecule has 1 aliphatic rings. The van der Waals surface area contributed by atoms with E-state index in [2.05, 4.69) is 10.9 Å². The van der Waals surface area contributed by atoms with Crippen LogP contribution in [-0.2, 0) is 26.0 Å². The van der Waals surface area contributed by atoms with Gasteiger partial charge in [-0.25, -0.2) is 8.42 Å². The minimum absolute atomic E-state index is 0.112. The van der Waals surface area contributed by atoms with Crippen LogP contribution in [0.4, 0.5) is 0 Å². The van der Waals surface area contributed by atoms with Crippen molar-refractivity contribution >= 4 is 33.2 Å². The average Bonchev–Trinajstić information content (AvgIpc) is 3.23. The van der Waals surface area contributed by atoms with E-state index < -0.39 is 15.9 Å². The third-order valence-corrected chi connectivity index (χ3v) is 7.61. The van der Waals surface area contributed by atoms with Gasteiger partial charge in [0.2, 0.25) is 11.8 Å². The molecule has 2 N–H and O–H groups in total. The molecular formula is C18H21N3O4S2. The van der Waals surface area contributed by atoms with Crippen molar-refractivity contribution < 1.29 is 18.0 Å². The number of hydrogen-bond acceptors (Lipinski definition) is 5. The molecular weight excluding hydrogens is 386 g/mol. The summed E-state index contributed by atoms with van der Waals surface area (Å²) < 4.78 is 26.9. The second-order valence-electron chi connectivity index (χ2n) is 6.33. The fourth-order valence-corrected chi connectivity index (χ4v) is 5.64. The maximum Gasteiger partial charge on any atom is 0.252 e. The van der Waals surface area contributed by atoms with Crippen molar-refractivity contribution in [3.8, 4) is 0 Å². The highest BCUT2D eigenvalue weighted by atomic mass is 32.2. The monoisotopic (exact) mass is 407 g/mol. The van der Waals surface area contributed by atoms with Gasteiger partial charge in [0.1, 0.15) is 4.21 Å². The third kappa shape index (κ3) is 4.94. The van der Waals surface area contributed by atoms with Crippen LogP contribution in [0.25, 0.3) is 0 Å². The smallest absolute Gasteiger partial charge is 0.252 e. The number of carbonyl (C=O) groups is 2. The number of hydrazine groups is 1. The Kier molecular flexibility index (Phi) is 6.25. The summed E-state index contributed by atoms with van der Waals surface area (Å²) in [6.45, 7) is 0.505. The lowest BCUT2D eigenvalue weighted by molar-refractivity contribution is -0.131. The van der Waals surface area contributed by atoms with Gasteiger partial charge < -0.3 is 0 Å². The van der Waals surface area contributed by atoms with Crippen molar-refractivity contribution in [2.24, 2.45) is 5.92 Å². The molecule has 1 fully saturated rings. The predicted molar refractivity (Wildman–Crippen MR) is 102 cm³/mol. The number of hydrogen-bond donors (Lipinski definition) is 2. The zero-order valence-corrected chi connectivity index (χ0v) is 16.3. The Morgan fingerprint density at radius 1 is 1.11 bits per heavy atom. The van der Waals surface area contributed by atoms with Crippen molar-refractivity contribution in [3.63, 3.8) is 0 Å². The van der Waals surface area contributed by atoms with Gasteiger partial charge in [-0.2, -0.15) is 4.31 Å². The molecule has 1 aromatic heterocycles. The Bertz CT molecular complexity index is 883. The van der Waals surface area contributed by atoms with E-state index in [1.165, 1.54) is 4.31 Å². The SMILES string of the molecule is O=C(Cc1ccccc1)NNC(=O)C1CCCN(S(=O)(=O)c2cccs2)C1. The maximum absolute atomic E-state index is 12.6. The topological polar surface area (TPSA) is 95.6 Å². The molecule has 2 aromatic rings. The predicted octanol–water partition coefficient (Wildman–Crippen LogP) is 1.54. The first-order valence-corrected chi connectivity index (χ1v) is 10.9. The van der Waals surface area contributed by atoms with Crippen LogP contribution in [0.3, 0.4) is 0 Å². The molecule has 1 aromatic carbocycles. The molecule has 1 unspecified atom stereocenters. The first kappa shape index (κ1) is 19.5. The van der Waals surface area contributed by atoms with E-state index in [0.717, 1.165) is 16.9 Å². The van der Waals surface area contributed by atoms with Crippen molar-refractivity contribution in [1.82, 2.24) is 15.2 Å². The van der Waals surface area contributed by atoms with Gasteiger partial charge in [-0.1, -0.05) is 36.4 Å². The normalized spacial score (nSPS) is 18.0. The molecule has 1 atom stereocenters. The minimum atomic E-state index is -3.57. The van der Waals surface area contributed by atoms with Crippen LogP contribution in [0.5, 0.6) is 0 Å². The highest BCUT2D eigenvalue weighted by Gasteiger charge is 2.33. The molecule has 0 saturated carbocycles. The second kappa shape index (κ2) is 8.64. The van der Waals surface area contributed by atoms with Gasteiger partial charge in [0, 0.05) is 13.1 Å². The van der Waals surface area contributed by atoms with Crippen LogP contribution < -0.4 is 10.9 Å². The van der Waals surface area contributed by atoms with Gasteiger partial charge in [-0.15, -0.1) is 11.3 Å². The first-order chi connectivity index (χ1) is 13.0. The number of carbonyl (C=O) groups excluding carboxylic acids is 2. The fraction of sp³-hybridized carbons (Fsp3) is 0.333. The molecule has 1 saturated heterocycles. The van der Waals surface area contributed by atoms with E-state index in [-0.39, 0.29) is 29.0 Å². The summed E-state index contributed by atoms with van der Waals surface area (Å²) in [7, 11) is -3.57. The Hall–Kier alpha value is -2.23. The Labute approximate surface area is 162 Å². The average molecular weight is 408 g/mol. The summed E-state index contributed by atoms with van der Waals surface area (Å²) in [6.07, 6.45) is 1.34. The van der Waals surface area contributed by atoms with E-state index in [4.69, 9.17) is 0 Å². The Balaban J connectivity index is 1.53. The fourth-order valence-electron chi connectivity index (χ4n) is 2.97. The number of amides is 2. The van der Waals surface area contributed by atoms with E-state index >= 15 is 0 Å². The number of rotatable bonds is 5. The molecule has 3 rings (SSSR count). The highest BCUT2D eigenvalue weighted by Crippen LogP contribution is 2.26. The molecule has 0 bridgehead atoms. The first-order valence-electron chi connectivity index (χ1n) is 8.63. The standard InChI is InChI=1S/C18H21N3O4S2/c22-16(12-14-6-2-1-3-7-14)19-20-18(23)15-8-4-10-21(13-15)27(24,25)17-9-5-11-26-17/h1-3,5-7,9,11,15H,4,8,10,12-13H2,(H,19,22)(H,20,23). The number of sulfonamides is 1. The summed E-state index contributed by atoms with van der Waals surface area (Å²) >= 11 is 1.16. The number of thiophene rings is 1. The Morgan fingerprint density at radius 2 is 1.89 bits per heavy atom. The third-order valence-electron chi connectivity index (χ3n) is 4.38. The molecule has 27 heavy (non-hydrogen) atoms. The zero-order valence-electron chi connectivity index (χ0n) is 14.6. The summed E-state index contributed by atoms with van der Waals surface area (Å²) in [5.74, 6) is -1.19. The summed E-state index contributed by atoms with van der Waals surface area (Å²) in [5.41, 5.74) is 5.67. The van der Waals surface area contributed by atoms with Gasteiger partial charge in [-0.05, 0) is 29.9 Å². The molecule has 144 valence electrons. The van der Waals surface area contributed by atoms with Crippen LogP contribution in [0.15, 0.2) is 52.1 Å². The van der Waals surface area contributed by atoms with Crippen LogP contribution in [-0.4, -0.2) is 37.6 Å². The summed E-state index contributed by atoms with van der Waals surface area (Å²) in [4.78, 5) is 24.3. The lowest BCUT2D eigenvalue weighted by Gasteiger charge is -2.30. The van der Waals surface area contributed by atoms with Crippen molar-refractivity contribution in [3.05, 3.63) is 53.4 Å². The van der Waals surface area contributed by atoms with Crippen LogP contribution >= 0.6 is 11.3 Å². The van der Waals surface area contributed by atoms with E-state index in [1.54, 1.807) is 17.5 Å². The number of piperidine rings is 1. The van der Waals surface area contributed by atoms with E-state index in [1.807, 2.05) is 30.3 Å². The molecule has 0 aliphatic carbocycles. The second-order valence-corrected chi connectivity index (χ2v) is 9.45. The molecule has 1 aliphatic heterocycles.